The van der Waals surface area contributed by atoms with E-state index in [0.717, 1.165) is 5.75 Å². The van der Waals surface area contributed by atoms with Gasteiger partial charge < -0.3 is 15.0 Å². The third kappa shape index (κ3) is 3.18. The molecule has 2 fully saturated rings. The highest BCUT2D eigenvalue weighted by Crippen LogP contribution is 2.38. The molecule has 1 aromatic rings. The molecule has 0 aliphatic carbocycles. The summed E-state index contributed by atoms with van der Waals surface area (Å²) in [5.41, 5.74) is 1.37. The van der Waals surface area contributed by atoms with Gasteiger partial charge in [0.2, 0.25) is 0 Å². The van der Waals surface area contributed by atoms with Crippen molar-refractivity contribution in [3.63, 3.8) is 0 Å². The van der Waals surface area contributed by atoms with E-state index in [9.17, 15) is 0 Å². The number of rotatable bonds is 4. The topological polar surface area (TPSA) is 24.5 Å². The molecule has 2 heterocycles. The lowest BCUT2D eigenvalue weighted by molar-refractivity contribution is 0.241. The summed E-state index contributed by atoms with van der Waals surface area (Å²) in [6.45, 7) is 4.14. The summed E-state index contributed by atoms with van der Waals surface area (Å²) in [7, 11) is 2.11. The van der Waals surface area contributed by atoms with E-state index >= 15 is 0 Å². The number of hydrogen-bond acceptors (Lipinski definition) is 3. The highest BCUT2D eigenvalue weighted by molar-refractivity contribution is 5.52. The van der Waals surface area contributed by atoms with E-state index in [0.29, 0.717) is 18.1 Å². The standard InChI is InChI=1S/C18H28N2O/c1-13(2)21-18-9-7-15(8-10-18)20-16-5-4-6-17(20)12-14(11-16)19-3/h7-10,13-14,16-17,19H,4-6,11-12H2,1-3H3. The van der Waals surface area contributed by atoms with Crippen LogP contribution in [0.1, 0.15) is 46.0 Å². The van der Waals surface area contributed by atoms with Crippen molar-refractivity contribution >= 4 is 5.69 Å². The first kappa shape index (κ1) is 14.7. The number of piperidine rings is 2. The molecule has 1 N–H and O–H groups in total. The van der Waals surface area contributed by atoms with Gasteiger partial charge in [-0.1, -0.05) is 0 Å². The molecule has 0 radical (unpaired) electrons. The molecule has 3 heteroatoms. The number of ether oxygens (including phenoxy) is 1. The monoisotopic (exact) mass is 288 g/mol. The van der Waals surface area contributed by atoms with Gasteiger partial charge in [-0.2, -0.15) is 0 Å². The van der Waals surface area contributed by atoms with E-state index < -0.39 is 0 Å². The highest BCUT2D eigenvalue weighted by atomic mass is 16.5. The lowest BCUT2D eigenvalue weighted by Gasteiger charge is -2.50. The van der Waals surface area contributed by atoms with Crippen molar-refractivity contribution in [2.45, 2.75) is 70.2 Å². The fraction of sp³-hybridized carbons (Fsp3) is 0.667. The molecule has 116 valence electrons. The third-order valence-electron chi connectivity index (χ3n) is 4.89. The molecule has 3 rings (SSSR count). The fourth-order valence-corrected chi connectivity index (χ4v) is 4.01. The lowest BCUT2D eigenvalue weighted by atomic mass is 9.81. The smallest absolute Gasteiger partial charge is 0.119 e. The number of benzene rings is 1. The fourth-order valence-electron chi connectivity index (χ4n) is 4.01. The maximum absolute atomic E-state index is 5.76. The Morgan fingerprint density at radius 3 is 2.24 bits per heavy atom. The Morgan fingerprint density at radius 2 is 1.71 bits per heavy atom. The maximum atomic E-state index is 5.76. The van der Waals surface area contributed by atoms with E-state index in [1.165, 1.54) is 37.8 Å². The largest absolute Gasteiger partial charge is 0.491 e. The van der Waals surface area contributed by atoms with Gasteiger partial charge in [0, 0.05) is 23.8 Å². The van der Waals surface area contributed by atoms with Crippen LogP contribution in [0, 0.1) is 0 Å². The number of nitrogens with one attached hydrogen (secondary N) is 1. The molecule has 3 nitrogen and oxygen atoms in total. The SMILES string of the molecule is CNC1CC2CCCC(C1)N2c1ccc(OC(C)C)cc1. The van der Waals surface area contributed by atoms with Gasteiger partial charge >= 0.3 is 0 Å². The maximum Gasteiger partial charge on any atom is 0.119 e. The van der Waals surface area contributed by atoms with Crippen LogP contribution < -0.4 is 15.0 Å². The van der Waals surface area contributed by atoms with Crippen LogP contribution in [0.4, 0.5) is 5.69 Å². The summed E-state index contributed by atoms with van der Waals surface area (Å²) in [4.78, 5) is 2.68. The second kappa shape index (κ2) is 6.27. The molecule has 2 bridgehead atoms. The van der Waals surface area contributed by atoms with Crippen molar-refractivity contribution < 1.29 is 4.74 Å². The Hall–Kier alpha value is -1.22. The van der Waals surface area contributed by atoms with E-state index in [1.54, 1.807) is 0 Å². The van der Waals surface area contributed by atoms with Crippen LogP contribution in [0.3, 0.4) is 0 Å². The molecular weight excluding hydrogens is 260 g/mol. The minimum atomic E-state index is 0.238. The molecule has 0 aromatic heterocycles. The predicted molar refractivity (Wildman–Crippen MR) is 88.2 cm³/mol. The van der Waals surface area contributed by atoms with Gasteiger partial charge in [-0.25, -0.2) is 0 Å². The van der Waals surface area contributed by atoms with E-state index in [-0.39, 0.29) is 6.10 Å². The Balaban J connectivity index is 1.76. The first-order valence-electron chi connectivity index (χ1n) is 8.39. The number of hydrogen-bond donors (Lipinski definition) is 1. The average molecular weight is 288 g/mol. The van der Waals surface area contributed by atoms with Crippen LogP contribution in [-0.2, 0) is 0 Å². The van der Waals surface area contributed by atoms with E-state index in [2.05, 4.69) is 55.4 Å². The summed E-state index contributed by atoms with van der Waals surface area (Å²) < 4.78 is 5.76. The third-order valence-corrected chi connectivity index (χ3v) is 4.89. The Bertz CT molecular complexity index is 443. The van der Waals surface area contributed by atoms with Crippen LogP contribution in [0.15, 0.2) is 24.3 Å². The molecule has 2 unspecified atom stereocenters. The predicted octanol–water partition coefficient (Wildman–Crippen LogP) is 3.58. The summed E-state index contributed by atoms with van der Waals surface area (Å²) in [6.07, 6.45) is 6.84. The van der Waals surface area contributed by atoms with Crippen LogP contribution in [-0.4, -0.2) is 31.3 Å². The number of anilines is 1. The molecule has 21 heavy (non-hydrogen) atoms. The molecule has 2 saturated heterocycles. The normalized spacial score (nSPS) is 28.8. The van der Waals surface area contributed by atoms with Crippen molar-refractivity contribution in [1.82, 2.24) is 5.32 Å². The second-order valence-corrected chi connectivity index (χ2v) is 6.76. The zero-order chi connectivity index (χ0) is 14.8. The molecular formula is C18H28N2O. The molecule has 2 aliphatic heterocycles. The average Bonchev–Trinajstić information content (AvgIpc) is 2.46. The molecule has 2 atom stereocenters. The minimum Gasteiger partial charge on any atom is -0.491 e. The van der Waals surface area contributed by atoms with Crippen molar-refractivity contribution in [3.05, 3.63) is 24.3 Å². The molecule has 2 aliphatic rings. The molecule has 1 aromatic carbocycles. The Kier molecular flexibility index (Phi) is 4.39. The van der Waals surface area contributed by atoms with Crippen molar-refractivity contribution in [1.29, 1.82) is 0 Å². The van der Waals surface area contributed by atoms with Crippen molar-refractivity contribution in [2.24, 2.45) is 0 Å². The van der Waals surface area contributed by atoms with Gasteiger partial charge in [0.1, 0.15) is 5.75 Å². The molecule has 0 spiro atoms. The summed E-state index contributed by atoms with van der Waals surface area (Å²) in [5.74, 6) is 0.976. The summed E-state index contributed by atoms with van der Waals surface area (Å²) >= 11 is 0. The highest BCUT2D eigenvalue weighted by Gasteiger charge is 2.37. The van der Waals surface area contributed by atoms with Crippen molar-refractivity contribution in [3.8, 4) is 5.75 Å². The van der Waals surface area contributed by atoms with Crippen LogP contribution in [0.2, 0.25) is 0 Å². The van der Waals surface area contributed by atoms with E-state index in [4.69, 9.17) is 4.74 Å². The van der Waals surface area contributed by atoms with Gasteiger partial charge in [0.25, 0.3) is 0 Å². The summed E-state index contributed by atoms with van der Waals surface area (Å²) in [6, 6.07) is 10.8. The van der Waals surface area contributed by atoms with Crippen LogP contribution in [0.5, 0.6) is 5.75 Å². The Morgan fingerprint density at radius 1 is 1.10 bits per heavy atom. The zero-order valence-corrected chi connectivity index (χ0v) is 13.5. The first-order valence-corrected chi connectivity index (χ1v) is 8.39. The van der Waals surface area contributed by atoms with Gasteiger partial charge in [0.15, 0.2) is 0 Å². The van der Waals surface area contributed by atoms with Gasteiger partial charge in [-0.05, 0) is 77.3 Å². The van der Waals surface area contributed by atoms with Gasteiger partial charge in [-0.15, -0.1) is 0 Å². The number of fused-ring (bicyclic) bond motifs is 2. The van der Waals surface area contributed by atoms with Crippen LogP contribution in [0.25, 0.3) is 0 Å². The Labute approximate surface area is 128 Å². The zero-order valence-electron chi connectivity index (χ0n) is 13.5. The van der Waals surface area contributed by atoms with Gasteiger partial charge in [-0.3, -0.25) is 0 Å². The lowest BCUT2D eigenvalue weighted by Crippen LogP contribution is -2.56. The van der Waals surface area contributed by atoms with Crippen molar-refractivity contribution in [2.75, 3.05) is 11.9 Å². The quantitative estimate of drug-likeness (QED) is 0.916. The van der Waals surface area contributed by atoms with E-state index in [1.807, 2.05) is 0 Å². The molecule has 0 saturated carbocycles. The summed E-state index contributed by atoms with van der Waals surface area (Å²) in [5, 5.41) is 3.49. The minimum absolute atomic E-state index is 0.238. The first-order chi connectivity index (χ1) is 10.2. The number of nitrogens with zero attached hydrogens (tertiary/aromatic N) is 1. The molecule has 0 amide bonds. The van der Waals surface area contributed by atoms with Gasteiger partial charge in [0.05, 0.1) is 6.10 Å². The van der Waals surface area contributed by atoms with Crippen LogP contribution >= 0.6 is 0 Å². The second-order valence-electron chi connectivity index (χ2n) is 6.76.